The van der Waals surface area contributed by atoms with E-state index < -0.39 is 0 Å². The van der Waals surface area contributed by atoms with Crippen LogP contribution in [0, 0.1) is 5.41 Å². The van der Waals surface area contributed by atoms with E-state index in [-0.39, 0.29) is 0 Å². The molecule has 0 N–H and O–H groups in total. The summed E-state index contributed by atoms with van der Waals surface area (Å²) in [5.74, 6) is 0. The lowest BCUT2D eigenvalue weighted by Gasteiger charge is -2.26. The maximum Gasteiger partial charge on any atom is 0.0567 e. The van der Waals surface area contributed by atoms with Gasteiger partial charge in [0, 0.05) is 25.0 Å². The van der Waals surface area contributed by atoms with E-state index in [9.17, 15) is 0 Å². The molecule has 100 valence electrons. The molecular weight excluding hydrogens is 244 g/mol. The van der Waals surface area contributed by atoms with Crippen LogP contribution in [0.2, 0.25) is 0 Å². The molecule has 0 aromatic heterocycles. The minimum absolute atomic E-state index is 0.482. The minimum atomic E-state index is 0.482. The average molecular weight is 267 g/mol. The smallest absolute Gasteiger partial charge is 0.0567 e. The third kappa shape index (κ3) is 2.81. The predicted octanol–water partition coefficient (Wildman–Crippen LogP) is 3.23. The molecule has 0 radical (unpaired) electrons. The van der Waals surface area contributed by atoms with Crippen LogP contribution in [0.3, 0.4) is 0 Å². The molecule has 2 heterocycles. The van der Waals surface area contributed by atoms with Gasteiger partial charge in [-0.2, -0.15) is 0 Å². The van der Waals surface area contributed by atoms with Gasteiger partial charge in [-0.05, 0) is 39.4 Å². The van der Waals surface area contributed by atoms with Crippen LogP contribution in [-0.4, -0.2) is 43.0 Å². The number of nitrogens with zero attached hydrogens (tertiary/aromatic N) is 2. The van der Waals surface area contributed by atoms with Gasteiger partial charge < -0.3 is 9.80 Å². The van der Waals surface area contributed by atoms with Gasteiger partial charge in [0.15, 0.2) is 0 Å². The average Bonchev–Trinajstić information content (AvgIpc) is 2.87. The molecule has 0 bridgehead atoms. The van der Waals surface area contributed by atoms with Crippen LogP contribution in [0.15, 0.2) is 35.5 Å². The topological polar surface area (TPSA) is 6.48 Å². The van der Waals surface area contributed by atoms with Crippen molar-refractivity contribution < 1.29 is 0 Å². The fourth-order valence-electron chi connectivity index (χ4n) is 3.19. The van der Waals surface area contributed by atoms with Crippen LogP contribution in [0.25, 0.3) is 0 Å². The van der Waals surface area contributed by atoms with E-state index in [1.807, 2.05) is 19.1 Å². The summed E-state index contributed by atoms with van der Waals surface area (Å²) < 4.78 is 0. The highest BCUT2D eigenvalue weighted by molar-refractivity contribution is 6.31. The van der Waals surface area contributed by atoms with Gasteiger partial charge in [-0.15, -0.1) is 0 Å². The fraction of sp³-hybridized carbons (Fsp3) is 0.600. The Bertz CT molecular complexity index is 386. The third-order valence-electron chi connectivity index (χ3n) is 4.13. The van der Waals surface area contributed by atoms with E-state index in [1.165, 1.54) is 25.9 Å². The summed E-state index contributed by atoms with van der Waals surface area (Å²) in [5.41, 5.74) is 1.57. The second-order valence-electron chi connectivity index (χ2n) is 5.64. The lowest BCUT2D eigenvalue weighted by atomic mass is 9.86. The third-order valence-corrected chi connectivity index (χ3v) is 4.33. The number of hydrogen-bond donors (Lipinski definition) is 0. The largest absolute Gasteiger partial charge is 0.370 e. The molecule has 0 saturated carbocycles. The van der Waals surface area contributed by atoms with Crippen LogP contribution in [0.1, 0.15) is 19.8 Å². The molecule has 1 unspecified atom stereocenters. The van der Waals surface area contributed by atoms with Crippen molar-refractivity contribution in [2.45, 2.75) is 19.8 Å². The zero-order valence-electron chi connectivity index (χ0n) is 11.5. The summed E-state index contributed by atoms with van der Waals surface area (Å²) in [5, 5.41) is 0.650. The molecule has 1 spiro atoms. The fourth-order valence-corrected chi connectivity index (χ4v) is 3.37. The standard InChI is InChI=1S/C15H23ClN2/c1-4-5-6-14(13(2)16)18-10-8-15(12-18)7-9-17(3)11-15/h4-6H,2,7-12H2,1,3H3/b5-4-,14-6+. The molecule has 0 amide bonds. The first-order valence-corrected chi connectivity index (χ1v) is 7.05. The molecule has 18 heavy (non-hydrogen) atoms. The van der Waals surface area contributed by atoms with Crippen molar-refractivity contribution in [2.75, 3.05) is 33.2 Å². The Kier molecular flexibility index (Phi) is 4.18. The summed E-state index contributed by atoms with van der Waals surface area (Å²) in [6.07, 6.45) is 8.72. The van der Waals surface area contributed by atoms with Crippen LogP contribution < -0.4 is 0 Å². The second-order valence-corrected chi connectivity index (χ2v) is 6.10. The molecule has 3 heteroatoms. The molecule has 0 aromatic rings. The van der Waals surface area contributed by atoms with Crippen LogP contribution in [0.4, 0.5) is 0 Å². The van der Waals surface area contributed by atoms with Crippen molar-refractivity contribution in [3.05, 3.63) is 35.5 Å². The highest BCUT2D eigenvalue weighted by Gasteiger charge is 2.42. The molecule has 2 nitrogen and oxygen atoms in total. The van der Waals surface area contributed by atoms with Crippen molar-refractivity contribution in [1.82, 2.24) is 9.80 Å². The van der Waals surface area contributed by atoms with Gasteiger partial charge in [0.1, 0.15) is 0 Å². The Hall–Kier alpha value is -0.730. The highest BCUT2D eigenvalue weighted by Crippen LogP contribution is 2.41. The summed E-state index contributed by atoms with van der Waals surface area (Å²) in [6, 6.07) is 0. The van der Waals surface area contributed by atoms with E-state index in [0.29, 0.717) is 10.4 Å². The number of likely N-dealkylation sites (tertiary alicyclic amines) is 2. The van der Waals surface area contributed by atoms with E-state index in [2.05, 4.69) is 29.5 Å². The SMILES string of the molecule is C=C(Cl)/C(=C\C=C/C)N1CCC2(CCN(C)C2)C1. The molecule has 2 saturated heterocycles. The molecule has 0 aromatic carbocycles. The summed E-state index contributed by atoms with van der Waals surface area (Å²) in [6.45, 7) is 10.6. The van der Waals surface area contributed by atoms with Crippen molar-refractivity contribution in [2.24, 2.45) is 5.41 Å². The zero-order chi connectivity index (χ0) is 13.2. The second kappa shape index (κ2) is 5.50. The van der Waals surface area contributed by atoms with Crippen LogP contribution in [-0.2, 0) is 0 Å². The van der Waals surface area contributed by atoms with Crippen molar-refractivity contribution in [1.29, 1.82) is 0 Å². The zero-order valence-corrected chi connectivity index (χ0v) is 12.2. The van der Waals surface area contributed by atoms with E-state index in [4.69, 9.17) is 11.6 Å². The normalized spacial score (nSPS) is 29.9. The Morgan fingerprint density at radius 3 is 2.56 bits per heavy atom. The lowest BCUT2D eigenvalue weighted by Crippen LogP contribution is -2.29. The molecule has 2 aliphatic heterocycles. The van der Waals surface area contributed by atoms with Gasteiger partial charge in [-0.25, -0.2) is 0 Å². The molecular formula is C15H23ClN2. The Morgan fingerprint density at radius 1 is 1.28 bits per heavy atom. The number of halogens is 1. The van der Waals surface area contributed by atoms with E-state index in [1.54, 1.807) is 0 Å². The molecule has 2 rings (SSSR count). The van der Waals surface area contributed by atoms with Gasteiger partial charge in [0.2, 0.25) is 0 Å². The van der Waals surface area contributed by atoms with Gasteiger partial charge in [0.05, 0.1) is 10.7 Å². The first-order chi connectivity index (χ1) is 8.56. The summed E-state index contributed by atoms with van der Waals surface area (Å²) in [4.78, 5) is 4.84. The first kappa shape index (κ1) is 13.7. The molecule has 0 aliphatic carbocycles. The molecule has 2 fully saturated rings. The first-order valence-electron chi connectivity index (χ1n) is 6.68. The predicted molar refractivity (Wildman–Crippen MR) is 78.6 cm³/mol. The van der Waals surface area contributed by atoms with Crippen molar-refractivity contribution >= 4 is 11.6 Å². The minimum Gasteiger partial charge on any atom is -0.370 e. The highest BCUT2D eigenvalue weighted by atomic mass is 35.5. The number of allylic oxidation sites excluding steroid dienone is 4. The number of rotatable bonds is 3. The van der Waals surface area contributed by atoms with E-state index >= 15 is 0 Å². The molecule has 1 atom stereocenters. The maximum absolute atomic E-state index is 6.13. The van der Waals surface area contributed by atoms with Crippen molar-refractivity contribution in [3.8, 4) is 0 Å². The Morgan fingerprint density at radius 2 is 2.00 bits per heavy atom. The van der Waals surface area contributed by atoms with Gasteiger partial charge in [0.25, 0.3) is 0 Å². The monoisotopic (exact) mass is 266 g/mol. The lowest BCUT2D eigenvalue weighted by molar-refractivity contribution is 0.282. The summed E-state index contributed by atoms with van der Waals surface area (Å²) in [7, 11) is 2.22. The summed E-state index contributed by atoms with van der Waals surface area (Å²) >= 11 is 6.13. The number of hydrogen-bond acceptors (Lipinski definition) is 2. The molecule has 2 aliphatic rings. The Labute approximate surface area is 116 Å². The quantitative estimate of drug-likeness (QED) is 0.724. The van der Waals surface area contributed by atoms with Gasteiger partial charge in [-0.1, -0.05) is 30.3 Å². The van der Waals surface area contributed by atoms with Crippen molar-refractivity contribution in [3.63, 3.8) is 0 Å². The van der Waals surface area contributed by atoms with Crippen LogP contribution >= 0.6 is 11.6 Å². The van der Waals surface area contributed by atoms with Gasteiger partial charge in [-0.3, -0.25) is 0 Å². The Balaban J connectivity index is 2.09. The van der Waals surface area contributed by atoms with Gasteiger partial charge >= 0.3 is 0 Å². The maximum atomic E-state index is 6.13. The van der Waals surface area contributed by atoms with Crippen LogP contribution in [0.5, 0.6) is 0 Å². The van der Waals surface area contributed by atoms with E-state index in [0.717, 1.165) is 18.8 Å².